The van der Waals surface area contributed by atoms with E-state index in [4.69, 9.17) is 0 Å². The number of aliphatic hydroxyl groups excluding tert-OH is 1. The smallest absolute Gasteiger partial charge is 0.121 e. The van der Waals surface area contributed by atoms with Gasteiger partial charge >= 0.3 is 0 Å². The monoisotopic (exact) mass is 241 g/mol. The second-order valence-electron chi connectivity index (χ2n) is 4.66. The minimum atomic E-state index is -0.637. The molecule has 0 bridgehead atoms. The van der Waals surface area contributed by atoms with Crippen molar-refractivity contribution in [1.82, 2.24) is 4.98 Å². The van der Waals surface area contributed by atoms with Crippen LogP contribution in [-0.2, 0) is 6.42 Å². The van der Waals surface area contributed by atoms with Crippen molar-refractivity contribution in [3.8, 4) is 0 Å². The number of hydrogen-bond acceptors (Lipinski definition) is 2. The molecule has 1 aromatic heterocycles. The Morgan fingerprint density at radius 3 is 2.72 bits per heavy atom. The first-order valence-electron chi connectivity index (χ1n) is 6.40. The van der Waals surface area contributed by atoms with Crippen LogP contribution in [-0.4, -0.2) is 10.1 Å². The largest absolute Gasteiger partial charge is 0.382 e. The minimum absolute atomic E-state index is 0.637. The summed E-state index contributed by atoms with van der Waals surface area (Å²) in [5, 5.41) is 10.3. The first-order chi connectivity index (χ1) is 8.70. The summed E-state index contributed by atoms with van der Waals surface area (Å²) in [5.74, 6) is 0. The highest BCUT2D eigenvalue weighted by atomic mass is 16.3. The zero-order valence-corrected chi connectivity index (χ0v) is 10.9. The molecule has 1 heterocycles. The van der Waals surface area contributed by atoms with Crippen molar-refractivity contribution in [3.63, 3.8) is 0 Å². The molecule has 1 unspecified atom stereocenters. The molecule has 2 rings (SSSR count). The van der Waals surface area contributed by atoms with E-state index < -0.39 is 6.10 Å². The summed E-state index contributed by atoms with van der Waals surface area (Å²) in [6.07, 6.45) is 3.31. The molecule has 0 aliphatic heterocycles. The second kappa shape index (κ2) is 5.78. The second-order valence-corrected chi connectivity index (χ2v) is 4.66. The van der Waals surface area contributed by atoms with Gasteiger partial charge in [0.15, 0.2) is 0 Å². The molecule has 94 valence electrons. The predicted octanol–water partition coefficient (Wildman–Crippen LogP) is 3.42. The van der Waals surface area contributed by atoms with Crippen molar-refractivity contribution >= 4 is 0 Å². The molecule has 0 saturated carbocycles. The summed E-state index contributed by atoms with van der Waals surface area (Å²) >= 11 is 0. The van der Waals surface area contributed by atoms with Gasteiger partial charge in [0.25, 0.3) is 0 Å². The van der Waals surface area contributed by atoms with Gasteiger partial charge < -0.3 is 5.11 Å². The lowest BCUT2D eigenvalue weighted by atomic mass is 10.0. The number of benzene rings is 1. The molecule has 0 saturated heterocycles. The number of rotatable bonds is 4. The SMILES string of the molecule is CCCc1cccc(C(O)c2ccc(C)cn2)c1. The van der Waals surface area contributed by atoms with Gasteiger partial charge in [-0.2, -0.15) is 0 Å². The van der Waals surface area contributed by atoms with Crippen LogP contribution in [0.4, 0.5) is 0 Å². The third kappa shape index (κ3) is 2.96. The predicted molar refractivity (Wildman–Crippen MR) is 73.5 cm³/mol. The van der Waals surface area contributed by atoms with Gasteiger partial charge in [-0.1, -0.05) is 43.7 Å². The van der Waals surface area contributed by atoms with E-state index in [1.165, 1.54) is 5.56 Å². The number of aromatic nitrogens is 1. The van der Waals surface area contributed by atoms with Gasteiger partial charge in [-0.15, -0.1) is 0 Å². The van der Waals surface area contributed by atoms with E-state index in [1.54, 1.807) is 6.20 Å². The fourth-order valence-electron chi connectivity index (χ4n) is 2.02. The number of aliphatic hydroxyl groups is 1. The Morgan fingerprint density at radius 1 is 1.22 bits per heavy atom. The van der Waals surface area contributed by atoms with E-state index >= 15 is 0 Å². The third-order valence-corrected chi connectivity index (χ3v) is 3.02. The fraction of sp³-hybridized carbons (Fsp3) is 0.312. The third-order valence-electron chi connectivity index (χ3n) is 3.02. The van der Waals surface area contributed by atoms with Crippen LogP contribution in [0.25, 0.3) is 0 Å². The van der Waals surface area contributed by atoms with E-state index in [2.05, 4.69) is 24.0 Å². The van der Waals surface area contributed by atoms with Crippen molar-refractivity contribution in [2.45, 2.75) is 32.8 Å². The molecular weight excluding hydrogens is 222 g/mol. The lowest BCUT2D eigenvalue weighted by Gasteiger charge is -2.12. The molecule has 2 nitrogen and oxygen atoms in total. The summed E-state index contributed by atoms with van der Waals surface area (Å²) in [6, 6.07) is 12.0. The molecule has 0 aliphatic carbocycles. The zero-order valence-electron chi connectivity index (χ0n) is 10.9. The average Bonchev–Trinajstić information content (AvgIpc) is 2.39. The highest BCUT2D eigenvalue weighted by Crippen LogP contribution is 2.21. The molecule has 0 fully saturated rings. The van der Waals surface area contributed by atoms with Gasteiger partial charge in [-0.25, -0.2) is 0 Å². The molecule has 1 atom stereocenters. The lowest BCUT2D eigenvalue weighted by Crippen LogP contribution is -2.03. The Balaban J connectivity index is 2.24. The topological polar surface area (TPSA) is 33.1 Å². The summed E-state index contributed by atoms with van der Waals surface area (Å²) in [6.45, 7) is 4.15. The maximum Gasteiger partial charge on any atom is 0.121 e. The molecule has 0 spiro atoms. The number of aryl methyl sites for hydroxylation is 2. The Kier molecular flexibility index (Phi) is 4.11. The Labute approximate surface area is 108 Å². The maximum absolute atomic E-state index is 10.3. The van der Waals surface area contributed by atoms with Crippen molar-refractivity contribution in [2.24, 2.45) is 0 Å². The summed E-state index contributed by atoms with van der Waals surface area (Å²) in [5.41, 5.74) is 3.98. The Morgan fingerprint density at radius 2 is 2.06 bits per heavy atom. The molecular formula is C16H19NO. The Bertz CT molecular complexity index is 505. The number of hydrogen-bond donors (Lipinski definition) is 1. The molecule has 0 radical (unpaired) electrons. The molecule has 1 N–H and O–H groups in total. The molecule has 0 aliphatic rings. The van der Waals surface area contributed by atoms with Gasteiger partial charge in [0.2, 0.25) is 0 Å². The first kappa shape index (κ1) is 12.8. The van der Waals surface area contributed by atoms with Crippen LogP contribution >= 0.6 is 0 Å². The van der Waals surface area contributed by atoms with E-state index in [1.807, 2.05) is 31.2 Å². The van der Waals surface area contributed by atoms with Crippen molar-refractivity contribution in [1.29, 1.82) is 0 Å². The quantitative estimate of drug-likeness (QED) is 0.889. The lowest BCUT2D eigenvalue weighted by molar-refractivity contribution is 0.215. The number of nitrogens with zero attached hydrogens (tertiary/aromatic N) is 1. The summed E-state index contributed by atoms with van der Waals surface area (Å²) < 4.78 is 0. The van der Waals surface area contributed by atoms with E-state index in [0.717, 1.165) is 24.0 Å². The van der Waals surface area contributed by atoms with Gasteiger partial charge in [-0.3, -0.25) is 4.98 Å². The summed E-state index contributed by atoms with van der Waals surface area (Å²) in [4.78, 5) is 4.28. The Hall–Kier alpha value is -1.67. The van der Waals surface area contributed by atoms with Gasteiger partial charge in [0.05, 0.1) is 5.69 Å². The molecule has 18 heavy (non-hydrogen) atoms. The molecule has 2 heteroatoms. The van der Waals surface area contributed by atoms with Gasteiger partial charge in [0, 0.05) is 6.20 Å². The van der Waals surface area contributed by atoms with Crippen LogP contribution in [0.5, 0.6) is 0 Å². The van der Waals surface area contributed by atoms with Crippen molar-refractivity contribution < 1.29 is 5.11 Å². The van der Waals surface area contributed by atoms with Crippen LogP contribution < -0.4 is 0 Å². The van der Waals surface area contributed by atoms with Crippen molar-refractivity contribution in [2.75, 3.05) is 0 Å². The highest BCUT2D eigenvalue weighted by molar-refractivity contribution is 5.30. The van der Waals surface area contributed by atoms with Crippen LogP contribution in [0.1, 0.15) is 41.8 Å². The van der Waals surface area contributed by atoms with Crippen molar-refractivity contribution in [3.05, 3.63) is 65.0 Å². The normalized spacial score (nSPS) is 12.4. The number of pyridine rings is 1. The highest BCUT2D eigenvalue weighted by Gasteiger charge is 2.11. The average molecular weight is 241 g/mol. The fourth-order valence-corrected chi connectivity index (χ4v) is 2.02. The van der Waals surface area contributed by atoms with Crippen LogP contribution in [0.15, 0.2) is 42.6 Å². The molecule has 2 aromatic rings. The maximum atomic E-state index is 10.3. The minimum Gasteiger partial charge on any atom is -0.382 e. The molecule has 0 amide bonds. The summed E-state index contributed by atoms with van der Waals surface area (Å²) in [7, 11) is 0. The van der Waals surface area contributed by atoms with Crippen LogP contribution in [0.3, 0.4) is 0 Å². The zero-order chi connectivity index (χ0) is 13.0. The van der Waals surface area contributed by atoms with Crippen LogP contribution in [0, 0.1) is 6.92 Å². The van der Waals surface area contributed by atoms with Crippen LogP contribution in [0.2, 0.25) is 0 Å². The van der Waals surface area contributed by atoms with E-state index in [-0.39, 0.29) is 0 Å². The molecule has 1 aromatic carbocycles. The van der Waals surface area contributed by atoms with Gasteiger partial charge in [0.1, 0.15) is 6.10 Å². The first-order valence-corrected chi connectivity index (χ1v) is 6.40. The standard InChI is InChI=1S/C16H19NO/c1-3-5-13-6-4-7-14(10-13)16(18)15-9-8-12(2)11-17-15/h4,6-11,16,18H,3,5H2,1-2H3. The van der Waals surface area contributed by atoms with E-state index in [0.29, 0.717) is 5.69 Å². The van der Waals surface area contributed by atoms with Gasteiger partial charge in [-0.05, 0) is 36.1 Å². The van der Waals surface area contributed by atoms with E-state index in [9.17, 15) is 5.11 Å².